The number of carbonyl (C=O) groups is 5. The van der Waals surface area contributed by atoms with E-state index in [-0.39, 0.29) is 41.5 Å². The molecule has 0 unspecified atom stereocenters. The van der Waals surface area contributed by atoms with Gasteiger partial charge in [-0.15, -0.1) is 11.8 Å². The second kappa shape index (κ2) is 20.4. The van der Waals surface area contributed by atoms with Crippen molar-refractivity contribution in [2.75, 3.05) is 26.6 Å². The zero-order valence-corrected chi connectivity index (χ0v) is 28.8. The lowest BCUT2D eigenvalue weighted by molar-refractivity contribution is -0.167. The number of unbranched alkanes of at least 4 members (excludes halogenated alkanes) is 11. The average molecular weight is 693 g/mol. The lowest BCUT2D eigenvalue weighted by atomic mass is 10.0. The van der Waals surface area contributed by atoms with Gasteiger partial charge in [0.05, 0.1) is 13.4 Å². The molecule has 3 heterocycles. The number of β-lactam (4-membered cyclic amide) rings is 1. The van der Waals surface area contributed by atoms with Gasteiger partial charge in [-0.25, -0.2) is 14.4 Å². The number of carbonyl (C=O) groups excluding carboxylic acids is 5. The van der Waals surface area contributed by atoms with Gasteiger partial charge in [0, 0.05) is 11.3 Å². The number of furan rings is 1. The Hall–Kier alpha value is -4.01. The molecule has 0 aromatic carbocycles. The molecule has 0 spiro atoms. The molecule has 1 aromatic heterocycles. The monoisotopic (exact) mass is 692 g/mol. The number of rotatable bonds is 22. The van der Waals surface area contributed by atoms with Crippen LogP contribution in [0.2, 0.25) is 0 Å². The van der Waals surface area contributed by atoms with Crippen LogP contribution in [0, 0.1) is 0 Å². The molecule has 2 aliphatic rings. The van der Waals surface area contributed by atoms with E-state index in [0.717, 1.165) is 19.3 Å². The van der Waals surface area contributed by atoms with E-state index >= 15 is 0 Å². The fraction of sp³-hybridized carbons (Fsp3) is 0.636. The van der Waals surface area contributed by atoms with Gasteiger partial charge in [0.2, 0.25) is 5.71 Å². The van der Waals surface area contributed by atoms with Crippen LogP contribution in [0.1, 0.15) is 96.2 Å². The maximum atomic E-state index is 13.6. The molecule has 266 valence electrons. The third kappa shape index (κ3) is 11.0. The molecule has 0 aliphatic carbocycles. The molecule has 1 saturated heterocycles. The number of hydrogen-bond acceptors (Lipinski definition) is 12. The second-order valence-corrected chi connectivity index (χ2v) is 12.7. The van der Waals surface area contributed by atoms with Crippen molar-refractivity contribution in [1.82, 2.24) is 10.2 Å². The van der Waals surface area contributed by atoms with Crippen molar-refractivity contribution in [2.45, 2.75) is 108 Å². The van der Waals surface area contributed by atoms with Gasteiger partial charge in [-0.05, 0) is 25.0 Å². The van der Waals surface area contributed by atoms with Gasteiger partial charge in [-0.1, -0.05) is 82.7 Å². The van der Waals surface area contributed by atoms with E-state index < -0.39 is 47.4 Å². The zero-order chi connectivity index (χ0) is 34.9. The number of nitrogens with one attached hydrogen (secondary N) is 1. The Bertz CT molecular complexity index is 1300. The first-order chi connectivity index (χ1) is 23.2. The van der Waals surface area contributed by atoms with Crippen molar-refractivity contribution >= 4 is 47.3 Å². The molecule has 3 N–H and O–H groups in total. The highest BCUT2D eigenvalue weighted by Crippen LogP contribution is 2.41. The molecule has 0 bridgehead atoms. The molecule has 0 radical (unpaired) electrons. The van der Waals surface area contributed by atoms with E-state index in [2.05, 4.69) is 17.4 Å². The average Bonchev–Trinajstić information content (AvgIpc) is 3.62. The van der Waals surface area contributed by atoms with E-state index in [1.807, 2.05) is 0 Å². The molecular weight excluding hydrogens is 644 g/mol. The van der Waals surface area contributed by atoms with Gasteiger partial charge in [0.15, 0.2) is 11.9 Å². The predicted octanol–water partition coefficient (Wildman–Crippen LogP) is 4.56. The van der Waals surface area contributed by atoms with Crippen LogP contribution in [0.4, 0.5) is 4.79 Å². The zero-order valence-electron chi connectivity index (χ0n) is 28.0. The lowest BCUT2D eigenvalue weighted by Gasteiger charge is -2.49. The van der Waals surface area contributed by atoms with Crippen LogP contribution in [0.15, 0.2) is 39.2 Å². The van der Waals surface area contributed by atoms with E-state index in [1.54, 1.807) is 6.07 Å². The molecule has 2 aliphatic heterocycles. The van der Waals surface area contributed by atoms with Gasteiger partial charge in [0.25, 0.3) is 11.8 Å². The largest absolute Gasteiger partial charge is 0.466 e. The summed E-state index contributed by atoms with van der Waals surface area (Å²) in [7, 11) is 2.47. The van der Waals surface area contributed by atoms with E-state index in [0.29, 0.717) is 6.42 Å². The predicted molar refractivity (Wildman–Crippen MR) is 177 cm³/mol. The molecule has 14 nitrogen and oxygen atoms in total. The minimum atomic E-state index is -1.20. The molecule has 0 saturated carbocycles. The number of oxime groups is 1. The molecular formula is C33H48N4O10S. The first-order valence-corrected chi connectivity index (χ1v) is 17.6. The summed E-state index contributed by atoms with van der Waals surface area (Å²) in [6, 6.07) is 2.05. The van der Waals surface area contributed by atoms with Gasteiger partial charge < -0.3 is 34.5 Å². The third-order valence-electron chi connectivity index (χ3n) is 8.10. The van der Waals surface area contributed by atoms with E-state index in [4.69, 9.17) is 29.2 Å². The number of thioether (sulfide) groups is 1. The summed E-state index contributed by atoms with van der Waals surface area (Å²) >= 11 is 1.24. The summed E-state index contributed by atoms with van der Waals surface area (Å²) < 4.78 is 20.7. The van der Waals surface area contributed by atoms with Gasteiger partial charge in [0.1, 0.15) is 30.8 Å². The van der Waals surface area contributed by atoms with Crippen LogP contribution in [-0.2, 0) is 38.2 Å². The van der Waals surface area contributed by atoms with Crippen LogP contribution in [0.3, 0.4) is 0 Å². The lowest BCUT2D eigenvalue weighted by Crippen LogP contribution is -2.71. The molecule has 3 rings (SSSR count). The van der Waals surface area contributed by atoms with Crippen molar-refractivity contribution < 1.29 is 47.4 Å². The number of ether oxygens (including phenoxy) is 3. The van der Waals surface area contributed by atoms with E-state index in [9.17, 15) is 24.0 Å². The van der Waals surface area contributed by atoms with Crippen molar-refractivity contribution in [1.29, 1.82) is 0 Å². The summed E-state index contributed by atoms with van der Waals surface area (Å²) in [5.41, 5.74) is 5.07. The van der Waals surface area contributed by atoms with Crippen molar-refractivity contribution in [3.8, 4) is 0 Å². The highest BCUT2D eigenvalue weighted by atomic mass is 32.2. The minimum absolute atomic E-state index is 0.131. The van der Waals surface area contributed by atoms with Gasteiger partial charge in [-0.3, -0.25) is 14.5 Å². The number of fused-ring (bicyclic) bond motifs is 1. The van der Waals surface area contributed by atoms with Crippen LogP contribution >= 0.6 is 11.8 Å². The number of nitrogens with zero attached hydrogens (tertiary/aromatic N) is 2. The number of hydrogen-bond donors (Lipinski definition) is 2. The summed E-state index contributed by atoms with van der Waals surface area (Å²) in [5, 5.41) is 5.64. The Kier molecular flexibility index (Phi) is 16.3. The maximum absolute atomic E-state index is 13.6. The summed E-state index contributed by atoms with van der Waals surface area (Å²) in [4.78, 5) is 70.0. The SMILES string of the molecule is CCCCCCCCCCCCCC[C@H](OC(=O)C1=C(COC(N)=O)CS[C@@H]2[C@H](NC(=O)/C(=N\OC)c3ccco3)C(=O)N12)C(=O)OC. The standard InChI is InChI=1S/C33H48N4O10S/c1-4-5-6-7-8-9-10-11-12-13-14-15-17-24(31(40)43-2)47-32(41)27-22(20-46-33(34)42)21-48-30-26(29(39)37(27)30)35-28(38)25(36-44-3)23-18-16-19-45-23/h16,18-19,24,26,30H,4-15,17,20-21H2,1-3H3,(H2,34,42)(H,35,38)/b36-25-/t24-,26+,30+/m0/s1. The van der Waals surface area contributed by atoms with Crippen LogP contribution in [0.25, 0.3) is 0 Å². The number of amides is 3. The van der Waals surface area contributed by atoms with Crippen LogP contribution in [0.5, 0.6) is 0 Å². The summed E-state index contributed by atoms with van der Waals surface area (Å²) in [6.07, 6.45) is 13.0. The topological polar surface area (TPSA) is 189 Å². The maximum Gasteiger partial charge on any atom is 0.404 e. The normalized spacial score (nSPS) is 18.0. The number of methoxy groups -OCH3 is 1. The highest BCUT2D eigenvalue weighted by Gasteiger charge is 2.55. The van der Waals surface area contributed by atoms with Crippen LogP contribution in [-0.4, -0.2) is 84.6 Å². The molecule has 3 amide bonds. The Morgan fingerprint density at radius 2 is 1.69 bits per heavy atom. The third-order valence-corrected chi connectivity index (χ3v) is 9.44. The fourth-order valence-corrected chi connectivity index (χ4v) is 6.89. The van der Waals surface area contributed by atoms with Gasteiger partial charge >= 0.3 is 18.0 Å². The first-order valence-electron chi connectivity index (χ1n) is 16.6. The van der Waals surface area contributed by atoms with E-state index in [1.165, 1.54) is 94.6 Å². The fourth-order valence-electron chi connectivity index (χ4n) is 5.57. The Morgan fingerprint density at radius 1 is 1.04 bits per heavy atom. The number of nitrogens with two attached hydrogens (primary N) is 1. The minimum Gasteiger partial charge on any atom is -0.466 e. The smallest absolute Gasteiger partial charge is 0.404 e. The highest BCUT2D eigenvalue weighted by molar-refractivity contribution is 8.00. The van der Waals surface area contributed by atoms with Crippen molar-refractivity contribution in [3.05, 3.63) is 35.4 Å². The van der Waals surface area contributed by atoms with Gasteiger partial charge in [-0.2, -0.15) is 0 Å². The molecule has 3 atom stereocenters. The Labute approximate surface area is 285 Å². The Balaban J connectivity index is 1.61. The second-order valence-electron chi connectivity index (χ2n) is 11.6. The van der Waals surface area contributed by atoms with Crippen LogP contribution < -0.4 is 11.1 Å². The summed E-state index contributed by atoms with van der Waals surface area (Å²) in [6.45, 7) is 1.85. The molecule has 48 heavy (non-hydrogen) atoms. The number of esters is 2. The van der Waals surface area contributed by atoms with Crippen molar-refractivity contribution in [3.63, 3.8) is 0 Å². The molecule has 15 heteroatoms. The first kappa shape index (κ1) is 38.4. The van der Waals surface area contributed by atoms with Crippen molar-refractivity contribution in [2.24, 2.45) is 10.9 Å². The number of primary amides is 1. The molecule has 1 aromatic rings. The summed E-state index contributed by atoms with van der Waals surface area (Å²) in [5.74, 6) is -2.73. The quantitative estimate of drug-likeness (QED) is 0.0433. The molecule has 1 fully saturated rings. The Morgan fingerprint density at radius 3 is 2.25 bits per heavy atom.